The van der Waals surface area contributed by atoms with E-state index in [4.69, 9.17) is 4.74 Å². The number of carbonyl (C=O) groups excluding carboxylic acids is 2. The van der Waals surface area contributed by atoms with Gasteiger partial charge in [0.15, 0.2) is 0 Å². The summed E-state index contributed by atoms with van der Waals surface area (Å²) in [5.41, 5.74) is 3.01. The fraction of sp³-hybridized carbons (Fsp3) is 0.0952. The van der Waals surface area contributed by atoms with Crippen LogP contribution in [-0.2, 0) is 17.9 Å². The number of hydrogen-bond acceptors (Lipinski definition) is 4. The summed E-state index contributed by atoms with van der Waals surface area (Å²) < 4.78 is 5.16. The van der Waals surface area contributed by atoms with Crippen LogP contribution >= 0.6 is 0 Å². The van der Waals surface area contributed by atoms with Crippen molar-refractivity contribution >= 4 is 17.7 Å². The lowest BCUT2D eigenvalue weighted by Crippen LogP contribution is -2.23. The van der Waals surface area contributed by atoms with Crippen LogP contribution in [0.25, 0.3) is 0 Å². The summed E-state index contributed by atoms with van der Waals surface area (Å²) in [6.07, 6.45) is 2.74. The van der Waals surface area contributed by atoms with Crippen LogP contribution in [-0.4, -0.2) is 17.0 Å². The Hall–Kier alpha value is -3.67. The van der Waals surface area contributed by atoms with Crippen molar-refractivity contribution in [3.63, 3.8) is 0 Å². The van der Waals surface area contributed by atoms with Gasteiger partial charge in [-0.15, -0.1) is 0 Å². The fourth-order valence-electron chi connectivity index (χ4n) is 2.36. The summed E-state index contributed by atoms with van der Waals surface area (Å²) in [6.45, 7) is 0.542. The van der Waals surface area contributed by atoms with Gasteiger partial charge in [-0.05, 0) is 35.4 Å². The number of alkyl carbamates (subject to hydrolysis) is 1. The third kappa shape index (κ3) is 5.67. The molecule has 2 aromatic carbocycles. The summed E-state index contributed by atoms with van der Waals surface area (Å²) in [5, 5.41) is 5.48. The van der Waals surface area contributed by atoms with E-state index in [2.05, 4.69) is 15.6 Å². The lowest BCUT2D eigenvalue weighted by Gasteiger charge is -2.08. The zero-order valence-electron chi connectivity index (χ0n) is 14.6. The Morgan fingerprint density at radius 1 is 0.852 bits per heavy atom. The molecule has 0 aliphatic carbocycles. The Bertz CT molecular complexity index is 882. The van der Waals surface area contributed by atoms with Gasteiger partial charge in [0.05, 0.1) is 0 Å². The molecule has 0 unspecified atom stereocenters. The van der Waals surface area contributed by atoms with Crippen molar-refractivity contribution < 1.29 is 14.3 Å². The number of carbonyl (C=O) groups is 2. The molecular formula is C21H19N3O3. The molecule has 0 radical (unpaired) electrons. The monoisotopic (exact) mass is 361 g/mol. The van der Waals surface area contributed by atoms with Gasteiger partial charge in [-0.3, -0.25) is 9.78 Å². The SMILES string of the molecule is O=C(NCc1ccc(C(=O)Nc2ccncc2)cc1)OCc1ccccc1. The van der Waals surface area contributed by atoms with Crippen molar-refractivity contribution in [3.8, 4) is 0 Å². The van der Waals surface area contributed by atoms with Crippen LogP contribution < -0.4 is 10.6 Å². The summed E-state index contributed by atoms with van der Waals surface area (Å²) in [7, 11) is 0. The molecule has 27 heavy (non-hydrogen) atoms. The average Bonchev–Trinajstić information content (AvgIpc) is 2.72. The van der Waals surface area contributed by atoms with Crippen LogP contribution in [0.2, 0.25) is 0 Å². The molecule has 0 saturated heterocycles. The van der Waals surface area contributed by atoms with Gasteiger partial charge in [0, 0.05) is 30.2 Å². The predicted octanol–water partition coefficient (Wildman–Crippen LogP) is 3.76. The number of nitrogens with zero attached hydrogens (tertiary/aromatic N) is 1. The first-order valence-corrected chi connectivity index (χ1v) is 8.45. The van der Waals surface area contributed by atoms with Gasteiger partial charge in [0.1, 0.15) is 6.61 Å². The van der Waals surface area contributed by atoms with Crippen LogP contribution in [0.15, 0.2) is 79.1 Å². The molecule has 1 aromatic heterocycles. The quantitative estimate of drug-likeness (QED) is 0.700. The van der Waals surface area contributed by atoms with E-state index < -0.39 is 6.09 Å². The van der Waals surface area contributed by atoms with E-state index in [0.717, 1.165) is 11.1 Å². The minimum Gasteiger partial charge on any atom is -0.445 e. The first kappa shape index (κ1) is 18.1. The molecule has 2 N–H and O–H groups in total. The number of amides is 2. The van der Waals surface area contributed by atoms with E-state index in [-0.39, 0.29) is 12.5 Å². The lowest BCUT2D eigenvalue weighted by atomic mass is 10.1. The van der Waals surface area contributed by atoms with Crippen molar-refractivity contribution in [2.75, 3.05) is 5.32 Å². The highest BCUT2D eigenvalue weighted by Crippen LogP contribution is 2.09. The van der Waals surface area contributed by atoms with Crippen LogP contribution in [0.3, 0.4) is 0 Å². The van der Waals surface area contributed by atoms with E-state index in [1.54, 1.807) is 48.8 Å². The number of aromatic nitrogens is 1. The first-order valence-electron chi connectivity index (χ1n) is 8.45. The van der Waals surface area contributed by atoms with E-state index in [1.165, 1.54) is 0 Å². The zero-order chi connectivity index (χ0) is 18.9. The molecule has 0 saturated carbocycles. The van der Waals surface area contributed by atoms with Gasteiger partial charge in [-0.25, -0.2) is 4.79 Å². The van der Waals surface area contributed by atoms with Crippen molar-refractivity contribution in [2.24, 2.45) is 0 Å². The van der Waals surface area contributed by atoms with Gasteiger partial charge >= 0.3 is 6.09 Å². The molecule has 0 fully saturated rings. The third-order valence-electron chi connectivity index (χ3n) is 3.80. The second-order valence-electron chi connectivity index (χ2n) is 5.80. The topological polar surface area (TPSA) is 80.3 Å². The summed E-state index contributed by atoms with van der Waals surface area (Å²) in [5.74, 6) is -0.206. The fourth-order valence-corrected chi connectivity index (χ4v) is 2.36. The van der Waals surface area contributed by atoms with Crippen LogP contribution in [0.5, 0.6) is 0 Å². The van der Waals surface area contributed by atoms with Gasteiger partial charge in [0.25, 0.3) is 5.91 Å². The normalized spacial score (nSPS) is 10.1. The summed E-state index contributed by atoms with van der Waals surface area (Å²) in [6, 6.07) is 19.9. The van der Waals surface area contributed by atoms with Crippen LogP contribution in [0, 0.1) is 0 Å². The molecule has 1 heterocycles. The standard InChI is InChI=1S/C21H19N3O3/c25-20(24-19-10-12-22-13-11-19)18-8-6-16(7-9-18)14-23-21(26)27-15-17-4-2-1-3-5-17/h1-13H,14-15H2,(H,23,26)(H,22,24,25). The third-order valence-corrected chi connectivity index (χ3v) is 3.80. The molecule has 6 heteroatoms. The zero-order valence-corrected chi connectivity index (χ0v) is 14.6. The largest absolute Gasteiger partial charge is 0.445 e. The molecular weight excluding hydrogens is 342 g/mol. The Morgan fingerprint density at radius 3 is 2.26 bits per heavy atom. The van der Waals surface area contributed by atoms with Crippen LogP contribution in [0.4, 0.5) is 10.5 Å². The predicted molar refractivity (Wildman–Crippen MR) is 102 cm³/mol. The van der Waals surface area contributed by atoms with E-state index in [1.807, 2.05) is 30.3 Å². The molecule has 3 rings (SSSR count). The van der Waals surface area contributed by atoms with E-state index in [9.17, 15) is 9.59 Å². The van der Waals surface area contributed by atoms with Crippen LogP contribution in [0.1, 0.15) is 21.5 Å². The first-order chi connectivity index (χ1) is 13.2. The minimum absolute atomic E-state index is 0.206. The maximum absolute atomic E-state index is 12.2. The van der Waals surface area contributed by atoms with Crippen molar-refractivity contribution in [2.45, 2.75) is 13.2 Å². The Labute approximate surface area is 157 Å². The van der Waals surface area contributed by atoms with E-state index in [0.29, 0.717) is 17.8 Å². The second-order valence-corrected chi connectivity index (χ2v) is 5.80. The molecule has 2 amide bonds. The highest BCUT2D eigenvalue weighted by atomic mass is 16.5. The van der Waals surface area contributed by atoms with Gasteiger partial charge in [-0.1, -0.05) is 42.5 Å². The summed E-state index contributed by atoms with van der Waals surface area (Å²) >= 11 is 0. The van der Waals surface area contributed by atoms with Gasteiger partial charge in [0.2, 0.25) is 0 Å². The summed E-state index contributed by atoms with van der Waals surface area (Å²) in [4.78, 5) is 27.9. The number of anilines is 1. The number of hydrogen-bond donors (Lipinski definition) is 2. The second kappa shape index (κ2) is 9.15. The van der Waals surface area contributed by atoms with Gasteiger partial charge in [-0.2, -0.15) is 0 Å². The molecule has 0 bridgehead atoms. The lowest BCUT2D eigenvalue weighted by molar-refractivity contribution is 0.102. The van der Waals surface area contributed by atoms with Crippen molar-refractivity contribution in [1.29, 1.82) is 0 Å². The Kier molecular flexibility index (Phi) is 6.14. The number of benzene rings is 2. The highest BCUT2D eigenvalue weighted by molar-refractivity contribution is 6.04. The number of nitrogens with one attached hydrogen (secondary N) is 2. The highest BCUT2D eigenvalue weighted by Gasteiger charge is 2.07. The molecule has 0 spiro atoms. The number of pyridine rings is 1. The minimum atomic E-state index is -0.488. The van der Waals surface area contributed by atoms with E-state index >= 15 is 0 Å². The van der Waals surface area contributed by atoms with Crippen molar-refractivity contribution in [1.82, 2.24) is 10.3 Å². The maximum Gasteiger partial charge on any atom is 0.407 e. The number of rotatable bonds is 6. The Morgan fingerprint density at radius 2 is 1.56 bits per heavy atom. The molecule has 0 aliphatic heterocycles. The molecule has 6 nitrogen and oxygen atoms in total. The number of ether oxygens (including phenoxy) is 1. The van der Waals surface area contributed by atoms with Crippen molar-refractivity contribution in [3.05, 3.63) is 95.8 Å². The molecule has 0 atom stereocenters. The molecule has 0 aliphatic rings. The Balaban J connectivity index is 1.46. The molecule has 136 valence electrons. The van der Waals surface area contributed by atoms with Gasteiger partial charge < -0.3 is 15.4 Å². The maximum atomic E-state index is 12.2. The molecule has 3 aromatic rings. The smallest absolute Gasteiger partial charge is 0.407 e. The average molecular weight is 361 g/mol.